The SMILES string of the molecule is Cc1c(C)n(CC=Cc2ccccc2)c2c(N3CCC(Cc4ccccc4)CC3)nccc12.Cl. The first-order chi connectivity index (χ1) is 16.2. The molecule has 1 fully saturated rings. The van der Waals surface area contributed by atoms with Gasteiger partial charge in [0.2, 0.25) is 0 Å². The van der Waals surface area contributed by atoms with Crippen LogP contribution in [-0.2, 0) is 13.0 Å². The fourth-order valence-corrected chi connectivity index (χ4v) is 5.19. The quantitative estimate of drug-likeness (QED) is 0.295. The highest BCUT2D eigenvalue weighted by atomic mass is 35.5. The number of rotatable bonds is 6. The Balaban J connectivity index is 0.00000274. The van der Waals surface area contributed by atoms with Crippen molar-refractivity contribution in [2.45, 2.75) is 39.7 Å². The Bertz CT molecular complexity index is 1240. The lowest BCUT2D eigenvalue weighted by molar-refractivity contribution is 0.402. The van der Waals surface area contributed by atoms with Crippen LogP contribution in [0.3, 0.4) is 0 Å². The molecule has 34 heavy (non-hydrogen) atoms. The molecule has 2 aromatic heterocycles. The molecule has 1 saturated heterocycles. The van der Waals surface area contributed by atoms with Gasteiger partial charge >= 0.3 is 0 Å². The van der Waals surface area contributed by atoms with Gasteiger partial charge in [-0.05, 0) is 61.8 Å². The summed E-state index contributed by atoms with van der Waals surface area (Å²) < 4.78 is 2.45. The van der Waals surface area contributed by atoms with Crippen molar-refractivity contribution in [2.75, 3.05) is 18.0 Å². The number of hydrogen-bond donors (Lipinski definition) is 0. The molecule has 0 bridgehead atoms. The number of aryl methyl sites for hydroxylation is 1. The number of piperidine rings is 1. The highest BCUT2D eigenvalue weighted by Crippen LogP contribution is 2.34. The van der Waals surface area contributed by atoms with E-state index in [1.807, 2.05) is 6.20 Å². The van der Waals surface area contributed by atoms with Gasteiger partial charge in [-0.2, -0.15) is 0 Å². The van der Waals surface area contributed by atoms with Crippen LogP contribution in [0.25, 0.3) is 17.0 Å². The molecular weight excluding hydrogens is 438 g/mol. The molecule has 3 nitrogen and oxygen atoms in total. The van der Waals surface area contributed by atoms with Crippen molar-refractivity contribution in [2.24, 2.45) is 5.92 Å². The summed E-state index contributed by atoms with van der Waals surface area (Å²) in [5.74, 6) is 1.90. The molecule has 0 aliphatic carbocycles. The van der Waals surface area contributed by atoms with Gasteiger partial charge in [0, 0.05) is 36.9 Å². The minimum Gasteiger partial charge on any atom is -0.355 e. The highest BCUT2D eigenvalue weighted by Gasteiger charge is 2.24. The number of allylic oxidation sites excluding steroid dienone is 1. The molecule has 2 aromatic carbocycles. The van der Waals surface area contributed by atoms with Crippen molar-refractivity contribution >= 4 is 35.2 Å². The third-order valence-corrected chi connectivity index (χ3v) is 7.21. The van der Waals surface area contributed by atoms with Crippen LogP contribution in [0.2, 0.25) is 0 Å². The van der Waals surface area contributed by atoms with Crippen LogP contribution in [0.15, 0.2) is 79.0 Å². The number of hydrogen-bond acceptors (Lipinski definition) is 2. The van der Waals surface area contributed by atoms with E-state index in [0.29, 0.717) is 0 Å². The van der Waals surface area contributed by atoms with Crippen molar-refractivity contribution in [3.05, 3.63) is 101 Å². The maximum absolute atomic E-state index is 4.90. The number of nitrogens with zero attached hydrogens (tertiary/aromatic N) is 3. The summed E-state index contributed by atoms with van der Waals surface area (Å²) in [4.78, 5) is 7.42. The predicted octanol–water partition coefficient (Wildman–Crippen LogP) is 7.25. The van der Waals surface area contributed by atoms with Crippen LogP contribution in [0.1, 0.15) is 35.2 Å². The molecule has 0 amide bonds. The van der Waals surface area contributed by atoms with Crippen LogP contribution < -0.4 is 4.90 Å². The highest BCUT2D eigenvalue weighted by molar-refractivity contribution is 5.93. The van der Waals surface area contributed by atoms with Crippen LogP contribution in [0.5, 0.6) is 0 Å². The number of aromatic nitrogens is 2. The standard InChI is InChI=1S/C30H33N3.ClH/c1-23-24(2)33(19-9-14-25-10-5-3-6-11-25)29-28(23)15-18-31-30(29)32-20-16-27(17-21-32)22-26-12-7-4-8-13-26;/h3-15,18,27H,16-17,19-22H2,1-2H3;1H. The topological polar surface area (TPSA) is 21.1 Å². The Hall–Kier alpha value is -3.04. The summed E-state index contributed by atoms with van der Waals surface area (Å²) in [6, 6.07) is 23.6. The average Bonchev–Trinajstić information content (AvgIpc) is 3.11. The minimum absolute atomic E-state index is 0. The second kappa shape index (κ2) is 10.9. The molecule has 4 heteroatoms. The predicted molar refractivity (Wildman–Crippen MR) is 147 cm³/mol. The van der Waals surface area contributed by atoms with E-state index < -0.39 is 0 Å². The zero-order valence-electron chi connectivity index (χ0n) is 20.2. The van der Waals surface area contributed by atoms with Gasteiger partial charge in [0.1, 0.15) is 0 Å². The number of halogens is 1. The van der Waals surface area contributed by atoms with Crippen molar-refractivity contribution in [3.8, 4) is 0 Å². The average molecular weight is 472 g/mol. The lowest BCUT2D eigenvalue weighted by Crippen LogP contribution is -2.35. The minimum atomic E-state index is 0. The van der Waals surface area contributed by atoms with E-state index >= 15 is 0 Å². The molecule has 1 aliphatic rings. The van der Waals surface area contributed by atoms with E-state index in [0.717, 1.165) is 31.4 Å². The third-order valence-electron chi connectivity index (χ3n) is 7.21. The van der Waals surface area contributed by atoms with Crippen molar-refractivity contribution < 1.29 is 0 Å². The van der Waals surface area contributed by atoms with E-state index in [1.165, 1.54) is 52.5 Å². The van der Waals surface area contributed by atoms with Crippen molar-refractivity contribution in [3.63, 3.8) is 0 Å². The molecule has 0 saturated carbocycles. The van der Waals surface area contributed by atoms with Crippen LogP contribution in [0, 0.1) is 19.8 Å². The molecule has 4 aromatic rings. The maximum atomic E-state index is 4.90. The Morgan fingerprint density at radius 3 is 2.29 bits per heavy atom. The van der Waals surface area contributed by atoms with Crippen molar-refractivity contribution in [1.29, 1.82) is 0 Å². The van der Waals surface area contributed by atoms with Crippen molar-refractivity contribution in [1.82, 2.24) is 9.55 Å². The Morgan fingerprint density at radius 1 is 0.912 bits per heavy atom. The molecule has 0 unspecified atom stereocenters. The lowest BCUT2D eigenvalue weighted by Gasteiger charge is -2.33. The van der Waals surface area contributed by atoms with E-state index in [1.54, 1.807) is 0 Å². The lowest BCUT2D eigenvalue weighted by atomic mass is 9.90. The first-order valence-electron chi connectivity index (χ1n) is 12.2. The van der Waals surface area contributed by atoms with Gasteiger partial charge in [-0.25, -0.2) is 4.98 Å². The molecule has 0 atom stereocenters. The molecule has 0 N–H and O–H groups in total. The van der Waals surface area contributed by atoms with E-state index in [4.69, 9.17) is 4.98 Å². The molecule has 1 aliphatic heterocycles. The molecule has 176 valence electrons. The third kappa shape index (κ3) is 5.05. The van der Waals surface area contributed by atoms with Gasteiger partial charge in [0.25, 0.3) is 0 Å². The second-order valence-corrected chi connectivity index (χ2v) is 9.28. The van der Waals surface area contributed by atoms with Gasteiger partial charge in [-0.3, -0.25) is 0 Å². The monoisotopic (exact) mass is 471 g/mol. The summed E-state index contributed by atoms with van der Waals surface area (Å²) in [6.45, 7) is 7.49. The Labute approximate surface area is 209 Å². The summed E-state index contributed by atoms with van der Waals surface area (Å²) in [7, 11) is 0. The fraction of sp³-hybridized carbons (Fsp3) is 0.300. The van der Waals surface area contributed by atoms with Gasteiger partial charge in [0.05, 0.1) is 5.52 Å². The maximum Gasteiger partial charge on any atom is 0.153 e. The molecule has 5 rings (SSSR count). The molecular formula is C30H34ClN3. The van der Waals surface area contributed by atoms with Crippen LogP contribution >= 0.6 is 12.4 Å². The van der Waals surface area contributed by atoms with E-state index in [2.05, 4.69) is 102 Å². The number of anilines is 1. The number of pyridine rings is 1. The van der Waals surface area contributed by atoms with Gasteiger partial charge in [-0.15, -0.1) is 12.4 Å². The number of benzene rings is 2. The van der Waals surface area contributed by atoms with Crippen LogP contribution in [-0.4, -0.2) is 22.6 Å². The van der Waals surface area contributed by atoms with Gasteiger partial charge < -0.3 is 9.47 Å². The summed E-state index contributed by atoms with van der Waals surface area (Å²) in [5, 5.41) is 1.33. The second-order valence-electron chi connectivity index (χ2n) is 9.28. The fourth-order valence-electron chi connectivity index (χ4n) is 5.19. The first-order valence-corrected chi connectivity index (χ1v) is 12.2. The smallest absolute Gasteiger partial charge is 0.153 e. The molecule has 0 radical (unpaired) electrons. The zero-order valence-corrected chi connectivity index (χ0v) is 21.0. The molecule has 3 heterocycles. The molecule has 0 spiro atoms. The Kier molecular flexibility index (Phi) is 7.74. The van der Waals surface area contributed by atoms with Gasteiger partial charge in [0.15, 0.2) is 5.82 Å². The normalized spacial score (nSPS) is 14.6. The first kappa shape index (κ1) is 24.1. The van der Waals surface area contributed by atoms with Gasteiger partial charge in [-0.1, -0.05) is 72.8 Å². The summed E-state index contributed by atoms with van der Waals surface area (Å²) >= 11 is 0. The number of fused-ring (bicyclic) bond motifs is 1. The zero-order chi connectivity index (χ0) is 22.6. The van der Waals surface area contributed by atoms with Crippen LogP contribution in [0.4, 0.5) is 5.82 Å². The largest absolute Gasteiger partial charge is 0.355 e. The van der Waals surface area contributed by atoms with E-state index in [-0.39, 0.29) is 12.4 Å². The summed E-state index contributed by atoms with van der Waals surface area (Å²) in [6.07, 6.45) is 10.1. The Morgan fingerprint density at radius 2 is 1.59 bits per heavy atom. The summed E-state index contributed by atoms with van der Waals surface area (Å²) in [5.41, 5.74) is 6.67. The van der Waals surface area contributed by atoms with E-state index in [9.17, 15) is 0 Å².